The fourth-order valence-electron chi connectivity index (χ4n) is 0.937. The van der Waals surface area contributed by atoms with Crippen molar-refractivity contribution in [2.75, 3.05) is 11.9 Å². The van der Waals surface area contributed by atoms with Crippen LogP contribution < -0.4 is 5.32 Å². The third kappa shape index (κ3) is 2.78. The van der Waals surface area contributed by atoms with E-state index in [2.05, 4.69) is 31.8 Å². The first-order valence-corrected chi connectivity index (χ1v) is 4.66. The summed E-state index contributed by atoms with van der Waals surface area (Å²) in [6.07, 6.45) is 0. The Morgan fingerprint density at radius 1 is 1.33 bits per heavy atom. The van der Waals surface area contributed by atoms with E-state index >= 15 is 0 Å². The summed E-state index contributed by atoms with van der Waals surface area (Å²) >= 11 is 4.34. The first kappa shape index (κ1) is 9.46. The maximum atomic E-state index is 4.34. The van der Waals surface area contributed by atoms with Gasteiger partial charge in [-0.25, -0.2) is 0 Å². The van der Waals surface area contributed by atoms with E-state index < -0.39 is 0 Å². The monoisotopic (exact) mass is 181 g/mol. The van der Waals surface area contributed by atoms with Gasteiger partial charge in [0.25, 0.3) is 0 Å². The van der Waals surface area contributed by atoms with Crippen molar-refractivity contribution in [3.8, 4) is 0 Å². The van der Waals surface area contributed by atoms with Crippen LogP contribution in [0.25, 0.3) is 0 Å². The van der Waals surface area contributed by atoms with Crippen LogP contribution in [0.15, 0.2) is 29.2 Å². The molecule has 2 heteroatoms. The Kier molecular flexibility index (Phi) is 3.48. The van der Waals surface area contributed by atoms with Gasteiger partial charge in [0.2, 0.25) is 0 Å². The lowest BCUT2D eigenvalue weighted by Crippen LogP contribution is -2.08. The molecule has 1 nitrogen and oxygen atoms in total. The summed E-state index contributed by atoms with van der Waals surface area (Å²) < 4.78 is 0. The zero-order chi connectivity index (χ0) is 8.97. The smallest absolute Gasteiger partial charge is 0.0475 e. The summed E-state index contributed by atoms with van der Waals surface area (Å²) in [6, 6.07) is 8.04. The molecule has 0 bridgehead atoms. The molecule has 0 aliphatic heterocycles. The van der Waals surface area contributed by atoms with Crippen molar-refractivity contribution in [3.05, 3.63) is 24.3 Å². The number of thiol groups is 1. The standard InChI is InChI=1S/C10H15NS/c1-8(2)7-11-9-5-3-4-6-10(9)12/h3-6,8,11-12H,7H2,1-2H3. The van der Waals surface area contributed by atoms with Gasteiger partial charge in [-0.15, -0.1) is 12.6 Å². The molecule has 0 heterocycles. The fourth-order valence-corrected chi connectivity index (χ4v) is 1.18. The van der Waals surface area contributed by atoms with E-state index in [0.717, 1.165) is 17.1 Å². The zero-order valence-corrected chi connectivity index (χ0v) is 8.44. The van der Waals surface area contributed by atoms with Gasteiger partial charge in [0.05, 0.1) is 0 Å². The lowest BCUT2D eigenvalue weighted by atomic mass is 10.2. The summed E-state index contributed by atoms with van der Waals surface area (Å²) in [6.45, 7) is 5.37. The summed E-state index contributed by atoms with van der Waals surface area (Å²) in [5.41, 5.74) is 1.12. The normalized spacial score (nSPS) is 10.3. The van der Waals surface area contributed by atoms with Crippen LogP contribution in [0.4, 0.5) is 5.69 Å². The minimum atomic E-state index is 0.665. The van der Waals surface area contributed by atoms with Gasteiger partial charge < -0.3 is 5.32 Å². The molecule has 1 aromatic carbocycles. The fraction of sp³-hybridized carbons (Fsp3) is 0.400. The lowest BCUT2D eigenvalue weighted by Gasteiger charge is -2.10. The van der Waals surface area contributed by atoms with Gasteiger partial charge in [0.15, 0.2) is 0 Å². The van der Waals surface area contributed by atoms with Gasteiger partial charge in [0, 0.05) is 17.1 Å². The first-order valence-electron chi connectivity index (χ1n) is 4.22. The Morgan fingerprint density at radius 3 is 2.58 bits per heavy atom. The largest absolute Gasteiger partial charge is 0.384 e. The minimum Gasteiger partial charge on any atom is -0.384 e. The molecule has 0 spiro atoms. The third-order valence-electron chi connectivity index (χ3n) is 1.60. The molecule has 0 aliphatic carbocycles. The van der Waals surface area contributed by atoms with Crippen LogP contribution in [0.1, 0.15) is 13.8 Å². The Balaban J connectivity index is 2.57. The maximum absolute atomic E-state index is 4.34. The van der Waals surface area contributed by atoms with Crippen LogP contribution in [0.5, 0.6) is 0 Å². The van der Waals surface area contributed by atoms with Crippen LogP contribution in [0.2, 0.25) is 0 Å². The lowest BCUT2D eigenvalue weighted by molar-refractivity contribution is 0.688. The number of nitrogens with one attached hydrogen (secondary N) is 1. The SMILES string of the molecule is CC(C)CNc1ccccc1S. The van der Waals surface area contributed by atoms with Gasteiger partial charge >= 0.3 is 0 Å². The van der Waals surface area contributed by atoms with Crippen molar-refractivity contribution in [2.45, 2.75) is 18.7 Å². The van der Waals surface area contributed by atoms with E-state index in [1.54, 1.807) is 0 Å². The Bertz CT molecular complexity index is 245. The average molecular weight is 181 g/mol. The van der Waals surface area contributed by atoms with E-state index in [9.17, 15) is 0 Å². The topological polar surface area (TPSA) is 12.0 Å². The average Bonchev–Trinajstić information content (AvgIpc) is 2.03. The number of para-hydroxylation sites is 1. The van der Waals surface area contributed by atoms with Crippen molar-refractivity contribution in [2.24, 2.45) is 5.92 Å². The number of hydrogen-bond donors (Lipinski definition) is 2. The number of hydrogen-bond acceptors (Lipinski definition) is 2. The summed E-state index contributed by atoms with van der Waals surface area (Å²) in [4.78, 5) is 1.01. The van der Waals surface area contributed by atoms with Gasteiger partial charge in [0.1, 0.15) is 0 Å². The third-order valence-corrected chi connectivity index (χ3v) is 1.99. The van der Waals surface area contributed by atoms with Crippen LogP contribution in [-0.4, -0.2) is 6.54 Å². The van der Waals surface area contributed by atoms with Gasteiger partial charge in [-0.3, -0.25) is 0 Å². The highest BCUT2D eigenvalue weighted by Gasteiger charge is 1.97. The Morgan fingerprint density at radius 2 is 2.00 bits per heavy atom. The van der Waals surface area contributed by atoms with Crippen LogP contribution in [-0.2, 0) is 0 Å². The van der Waals surface area contributed by atoms with Crippen molar-refractivity contribution in [1.29, 1.82) is 0 Å². The Labute approximate surface area is 79.6 Å². The highest BCUT2D eigenvalue weighted by Crippen LogP contribution is 2.18. The molecular formula is C10H15NS. The molecule has 0 unspecified atom stereocenters. The molecule has 0 radical (unpaired) electrons. The molecule has 1 rings (SSSR count). The quantitative estimate of drug-likeness (QED) is 0.683. The second kappa shape index (κ2) is 4.41. The summed E-state index contributed by atoms with van der Waals surface area (Å²) in [7, 11) is 0. The number of anilines is 1. The predicted molar refractivity (Wildman–Crippen MR) is 57.0 cm³/mol. The molecule has 0 saturated carbocycles. The molecular weight excluding hydrogens is 166 g/mol. The molecule has 0 atom stereocenters. The van der Waals surface area contributed by atoms with E-state index in [-0.39, 0.29) is 0 Å². The van der Waals surface area contributed by atoms with Crippen molar-refractivity contribution >= 4 is 18.3 Å². The van der Waals surface area contributed by atoms with Crippen molar-refractivity contribution in [1.82, 2.24) is 0 Å². The zero-order valence-electron chi connectivity index (χ0n) is 7.54. The number of benzene rings is 1. The highest BCUT2D eigenvalue weighted by atomic mass is 32.1. The molecule has 12 heavy (non-hydrogen) atoms. The van der Waals surface area contributed by atoms with Gasteiger partial charge in [-0.2, -0.15) is 0 Å². The molecule has 0 aliphatic rings. The van der Waals surface area contributed by atoms with Crippen LogP contribution in [0, 0.1) is 5.92 Å². The molecule has 0 fully saturated rings. The molecule has 0 amide bonds. The van der Waals surface area contributed by atoms with Crippen molar-refractivity contribution < 1.29 is 0 Å². The summed E-state index contributed by atoms with van der Waals surface area (Å²) in [5, 5.41) is 3.34. The number of rotatable bonds is 3. The second-order valence-corrected chi connectivity index (χ2v) is 3.77. The van der Waals surface area contributed by atoms with E-state index in [1.165, 1.54) is 0 Å². The second-order valence-electron chi connectivity index (χ2n) is 3.29. The minimum absolute atomic E-state index is 0.665. The van der Waals surface area contributed by atoms with Gasteiger partial charge in [-0.1, -0.05) is 26.0 Å². The van der Waals surface area contributed by atoms with Crippen molar-refractivity contribution in [3.63, 3.8) is 0 Å². The van der Waals surface area contributed by atoms with Crippen LogP contribution >= 0.6 is 12.6 Å². The molecule has 0 aromatic heterocycles. The van der Waals surface area contributed by atoms with Gasteiger partial charge in [-0.05, 0) is 18.1 Å². The van der Waals surface area contributed by atoms with Crippen LogP contribution in [0.3, 0.4) is 0 Å². The van der Waals surface area contributed by atoms with E-state index in [1.807, 2.05) is 24.3 Å². The summed E-state index contributed by atoms with van der Waals surface area (Å²) in [5.74, 6) is 0.665. The molecule has 1 aromatic rings. The predicted octanol–water partition coefficient (Wildman–Crippen LogP) is 3.04. The molecule has 66 valence electrons. The molecule has 0 saturated heterocycles. The Hall–Kier alpha value is -0.630. The maximum Gasteiger partial charge on any atom is 0.0475 e. The first-order chi connectivity index (χ1) is 5.70. The molecule has 1 N–H and O–H groups in total. The van der Waals surface area contributed by atoms with E-state index in [0.29, 0.717) is 5.92 Å². The highest BCUT2D eigenvalue weighted by molar-refractivity contribution is 7.80. The van der Waals surface area contributed by atoms with E-state index in [4.69, 9.17) is 0 Å².